The number of amides is 2. The number of thiazole rings is 1. The summed E-state index contributed by atoms with van der Waals surface area (Å²) in [5.74, 6) is -0.548. The molecule has 1 aromatic rings. The van der Waals surface area contributed by atoms with Crippen LogP contribution in [-0.2, 0) is 14.3 Å². The second kappa shape index (κ2) is 5.82. The Balaban J connectivity index is 1.79. The zero-order valence-electron chi connectivity index (χ0n) is 12.2. The lowest BCUT2D eigenvalue weighted by Crippen LogP contribution is -2.52. The fraction of sp³-hybridized carbons (Fsp3) is 0.643. The van der Waals surface area contributed by atoms with Gasteiger partial charge in [-0.05, 0) is 32.7 Å². The maximum atomic E-state index is 12.3. The summed E-state index contributed by atoms with van der Waals surface area (Å²) in [5, 5.41) is 5.71. The number of imide groups is 1. The first-order valence-corrected chi connectivity index (χ1v) is 8.22. The molecule has 0 spiro atoms. The number of carbonyl (C=O) groups is 2. The Morgan fingerprint density at radius 3 is 2.71 bits per heavy atom. The highest BCUT2D eigenvalue weighted by atomic mass is 32.1. The molecule has 114 valence electrons. The van der Waals surface area contributed by atoms with Crippen LogP contribution < -0.4 is 10.2 Å². The van der Waals surface area contributed by atoms with E-state index in [1.807, 2.05) is 12.3 Å². The summed E-state index contributed by atoms with van der Waals surface area (Å²) in [4.78, 5) is 30.2. The lowest BCUT2D eigenvalue weighted by atomic mass is 10.2. The fourth-order valence-corrected chi connectivity index (χ4v) is 3.56. The van der Waals surface area contributed by atoms with E-state index in [1.54, 1.807) is 0 Å². The van der Waals surface area contributed by atoms with Crippen molar-refractivity contribution in [3.05, 3.63) is 11.1 Å². The molecule has 3 heterocycles. The third-order valence-corrected chi connectivity index (χ3v) is 4.70. The third-order valence-electron chi connectivity index (χ3n) is 3.86. The highest BCUT2D eigenvalue weighted by molar-refractivity contribution is 7.14. The molecule has 0 aromatic carbocycles. The highest BCUT2D eigenvalue weighted by Crippen LogP contribution is 2.33. The molecule has 2 bridgehead atoms. The van der Waals surface area contributed by atoms with Crippen LogP contribution in [0.1, 0.15) is 44.8 Å². The lowest BCUT2D eigenvalue weighted by Gasteiger charge is -2.27. The number of ether oxygens (including phenoxy) is 1. The second-order valence-corrected chi connectivity index (χ2v) is 6.27. The van der Waals surface area contributed by atoms with Crippen LogP contribution in [-0.4, -0.2) is 35.6 Å². The van der Waals surface area contributed by atoms with Gasteiger partial charge in [0.1, 0.15) is 12.2 Å². The minimum absolute atomic E-state index is 0.109. The van der Waals surface area contributed by atoms with Crippen LogP contribution in [0, 0.1) is 0 Å². The molecule has 2 amide bonds. The van der Waals surface area contributed by atoms with Gasteiger partial charge in [-0.25, -0.2) is 9.88 Å². The van der Waals surface area contributed by atoms with Crippen molar-refractivity contribution in [2.75, 3.05) is 11.4 Å². The van der Waals surface area contributed by atoms with Crippen LogP contribution >= 0.6 is 11.3 Å². The highest BCUT2D eigenvalue weighted by Gasteiger charge is 2.48. The molecule has 3 atom stereocenters. The largest absolute Gasteiger partial charge is 0.355 e. The van der Waals surface area contributed by atoms with Crippen molar-refractivity contribution in [2.45, 2.75) is 51.4 Å². The summed E-state index contributed by atoms with van der Waals surface area (Å²) in [6.45, 7) is 5.04. The van der Waals surface area contributed by atoms with Gasteiger partial charge in [0.2, 0.25) is 0 Å². The normalized spacial score (nSPS) is 26.5. The molecule has 0 saturated carbocycles. The van der Waals surface area contributed by atoms with E-state index in [0.29, 0.717) is 18.0 Å². The lowest BCUT2D eigenvalue weighted by molar-refractivity contribution is -0.146. The first kappa shape index (κ1) is 14.6. The minimum Gasteiger partial charge on any atom is -0.355 e. The summed E-state index contributed by atoms with van der Waals surface area (Å²) < 4.78 is 5.40. The van der Waals surface area contributed by atoms with E-state index in [9.17, 15) is 9.59 Å². The Morgan fingerprint density at radius 1 is 1.43 bits per heavy atom. The number of fused-ring (bicyclic) bond motifs is 2. The molecule has 0 radical (unpaired) electrons. The predicted octanol–water partition coefficient (Wildman–Crippen LogP) is 1.62. The van der Waals surface area contributed by atoms with Crippen LogP contribution in [0.5, 0.6) is 0 Å². The van der Waals surface area contributed by atoms with Crippen molar-refractivity contribution in [2.24, 2.45) is 0 Å². The number of hydrogen-bond donors (Lipinski definition) is 1. The molecule has 2 fully saturated rings. The maximum absolute atomic E-state index is 12.3. The number of rotatable bonds is 5. The molecular formula is C14H19N3O3S. The number of hydrogen-bond acceptors (Lipinski definition) is 6. The number of carbonyl (C=O) groups excluding carboxylic acids is 2. The van der Waals surface area contributed by atoms with Crippen molar-refractivity contribution >= 4 is 28.3 Å². The molecule has 1 aromatic heterocycles. The average molecular weight is 309 g/mol. The third kappa shape index (κ3) is 2.61. The molecule has 7 heteroatoms. The standard InChI is InChI=1S/C14H19N3O3S/c1-3-6-15-8(2)9-7-21-14(16-9)17-12(18)10-4-5-11(20-10)13(17)19/h7-8,10-11,15H,3-6H2,1-2H3. The number of aromatic nitrogens is 1. The Bertz CT molecular complexity index is 537. The second-order valence-electron chi connectivity index (χ2n) is 5.43. The van der Waals surface area contributed by atoms with Gasteiger partial charge in [-0.1, -0.05) is 6.92 Å². The van der Waals surface area contributed by atoms with Crippen molar-refractivity contribution in [3.63, 3.8) is 0 Å². The van der Waals surface area contributed by atoms with Gasteiger partial charge in [0.15, 0.2) is 5.13 Å². The molecule has 21 heavy (non-hydrogen) atoms. The molecule has 1 N–H and O–H groups in total. The van der Waals surface area contributed by atoms with E-state index in [-0.39, 0.29) is 17.9 Å². The van der Waals surface area contributed by atoms with E-state index < -0.39 is 12.2 Å². The SMILES string of the molecule is CCCNC(C)c1csc(N2C(=O)C3CCC(O3)C2=O)n1. The molecule has 2 aliphatic rings. The van der Waals surface area contributed by atoms with Crippen LogP contribution in [0.4, 0.5) is 5.13 Å². The van der Waals surface area contributed by atoms with E-state index in [0.717, 1.165) is 18.7 Å². The molecule has 2 saturated heterocycles. The Hall–Kier alpha value is -1.31. The van der Waals surface area contributed by atoms with Crippen LogP contribution in [0.3, 0.4) is 0 Å². The van der Waals surface area contributed by atoms with Gasteiger partial charge in [0.05, 0.1) is 5.69 Å². The molecular weight excluding hydrogens is 290 g/mol. The van der Waals surface area contributed by atoms with E-state index in [2.05, 4.69) is 17.2 Å². The summed E-state index contributed by atoms with van der Waals surface area (Å²) in [7, 11) is 0. The van der Waals surface area contributed by atoms with Gasteiger partial charge in [-0.15, -0.1) is 11.3 Å². The Labute approximate surface area is 127 Å². The molecule has 3 rings (SSSR count). The average Bonchev–Trinajstić information content (AvgIpc) is 3.11. The zero-order valence-corrected chi connectivity index (χ0v) is 13.0. The zero-order chi connectivity index (χ0) is 15.0. The fourth-order valence-electron chi connectivity index (χ4n) is 2.63. The molecule has 3 unspecified atom stereocenters. The topological polar surface area (TPSA) is 71.5 Å². The van der Waals surface area contributed by atoms with Gasteiger partial charge >= 0.3 is 0 Å². The van der Waals surface area contributed by atoms with Crippen LogP contribution in [0.2, 0.25) is 0 Å². The van der Waals surface area contributed by atoms with E-state index in [1.165, 1.54) is 16.2 Å². The van der Waals surface area contributed by atoms with Gasteiger partial charge in [0.25, 0.3) is 11.8 Å². The van der Waals surface area contributed by atoms with Crippen molar-refractivity contribution in [1.29, 1.82) is 0 Å². The predicted molar refractivity (Wildman–Crippen MR) is 79.2 cm³/mol. The summed E-state index contributed by atoms with van der Waals surface area (Å²) in [6, 6.07) is 0.109. The number of anilines is 1. The number of nitrogens with one attached hydrogen (secondary N) is 1. The number of morpholine rings is 1. The van der Waals surface area contributed by atoms with Gasteiger partial charge in [-0.2, -0.15) is 0 Å². The van der Waals surface area contributed by atoms with Gasteiger partial charge in [0, 0.05) is 11.4 Å². The van der Waals surface area contributed by atoms with Crippen LogP contribution in [0.15, 0.2) is 5.38 Å². The smallest absolute Gasteiger partial charge is 0.264 e. The van der Waals surface area contributed by atoms with E-state index in [4.69, 9.17) is 4.74 Å². The first-order valence-electron chi connectivity index (χ1n) is 7.34. The van der Waals surface area contributed by atoms with Gasteiger partial charge < -0.3 is 10.1 Å². The maximum Gasteiger partial charge on any atom is 0.264 e. The van der Waals surface area contributed by atoms with E-state index >= 15 is 0 Å². The summed E-state index contributed by atoms with van der Waals surface area (Å²) in [6.07, 6.45) is 1.34. The molecule has 0 aliphatic carbocycles. The van der Waals surface area contributed by atoms with Crippen LogP contribution in [0.25, 0.3) is 0 Å². The molecule has 2 aliphatic heterocycles. The minimum atomic E-state index is -0.476. The first-order chi connectivity index (χ1) is 10.1. The van der Waals surface area contributed by atoms with Crippen molar-refractivity contribution in [1.82, 2.24) is 10.3 Å². The Kier molecular flexibility index (Phi) is 4.05. The Morgan fingerprint density at radius 2 is 2.10 bits per heavy atom. The molecule has 6 nitrogen and oxygen atoms in total. The van der Waals surface area contributed by atoms with Crippen molar-refractivity contribution in [3.8, 4) is 0 Å². The number of nitrogens with zero attached hydrogens (tertiary/aromatic N) is 2. The van der Waals surface area contributed by atoms with Gasteiger partial charge in [-0.3, -0.25) is 9.59 Å². The summed E-state index contributed by atoms with van der Waals surface area (Å²) >= 11 is 1.33. The van der Waals surface area contributed by atoms with Crippen molar-refractivity contribution < 1.29 is 14.3 Å². The monoisotopic (exact) mass is 309 g/mol. The summed E-state index contributed by atoms with van der Waals surface area (Å²) in [5.41, 5.74) is 0.864. The quantitative estimate of drug-likeness (QED) is 0.837.